The van der Waals surface area contributed by atoms with E-state index in [1.165, 1.54) is 35.5 Å². The van der Waals surface area contributed by atoms with Crippen LogP contribution in [0.25, 0.3) is 0 Å². The van der Waals surface area contributed by atoms with E-state index < -0.39 is 0 Å². The van der Waals surface area contributed by atoms with Crippen LogP contribution in [0.3, 0.4) is 0 Å². The Morgan fingerprint density at radius 3 is 2.90 bits per heavy atom. The van der Waals surface area contributed by atoms with E-state index in [-0.39, 0.29) is 24.1 Å². The molecule has 1 heterocycles. The fourth-order valence-electron chi connectivity index (χ4n) is 1.72. The number of carbonyl (C=O) groups excluding carboxylic acids is 1. The molecule has 2 rings (SSSR count). The monoisotopic (exact) mass is 290 g/mol. The number of rotatable bonds is 5. The van der Waals surface area contributed by atoms with Gasteiger partial charge in [-0.1, -0.05) is 6.07 Å². The molecule has 1 aromatic carbocycles. The summed E-state index contributed by atoms with van der Waals surface area (Å²) in [5, 5.41) is 9.30. The molecule has 2 aromatic rings. The summed E-state index contributed by atoms with van der Waals surface area (Å²) in [6.07, 6.45) is 2.63. The van der Waals surface area contributed by atoms with Crippen LogP contribution >= 0.6 is 0 Å². The molecule has 1 N–H and O–H groups in total. The molecule has 21 heavy (non-hydrogen) atoms. The highest BCUT2D eigenvalue weighted by molar-refractivity contribution is 5.94. The van der Waals surface area contributed by atoms with Gasteiger partial charge in [-0.05, 0) is 18.2 Å². The quantitative estimate of drug-likeness (QED) is 0.915. The third-order valence-corrected chi connectivity index (χ3v) is 2.81. The smallest absolute Gasteiger partial charge is 0.255 e. The maximum atomic E-state index is 13.0. The van der Waals surface area contributed by atoms with Crippen molar-refractivity contribution in [2.45, 2.75) is 0 Å². The van der Waals surface area contributed by atoms with E-state index in [4.69, 9.17) is 4.74 Å². The van der Waals surface area contributed by atoms with Crippen molar-refractivity contribution in [2.75, 3.05) is 20.2 Å². The molecule has 1 aromatic heterocycles. The van der Waals surface area contributed by atoms with Crippen molar-refractivity contribution in [1.82, 2.24) is 9.88 Å². The molecule has 0 fully saturated rings. The minimum atomic E-state index is -0.372. The second kappa shape index (κ2) is 6.69. The first kappa shape index (κ1) is 14.8. The second-order valence-corrected chi connectivity index (χ2v) is 4.46. The lowest BCUT2D eigenvalue weighted by Crippen LogP contribution is -2.30. The maximum absolute atomic E-state index is 13.0. The molecule has 0 bridgehead atoms. The third-order valence-electron chi connectivity index (χ3n) is 2.81. The third kappa shape index (κ3) is 4.17. The van der Waals surface area contributed by atoms with Crippen molar-refractivity contribution in [3.8, 4) is 11.5 Å². The van der Waals surface area contributed by atoms with Gasteiger partial charge in [0, 0.05) is 19.3 Å². The molecule has 0 aliphatic heterocycles. The molecule has 0 saturated carbocycles. The lowest BCUT2D eigenvalue weighted by Gasteiger charge is -2.17. The van der Waals surface area contributed by atoms with Crippen molar-refractivity contribution >= 4 is 5.91 Å². The summed E-state index contributed by atoms with van der Waals surface area (Å²) >= 11 is 0. The lowest BCUT2D eigenvalue weighted by molar-refractivity contribution is 0.0773. The van der Waals surface area contributed by atoms with Crippen molar-refractivity contribution in [2.24, 2.45) is 0 Å². The van der Waals surface area contributed by atoms with Gasteiger partial charge in [0.2, 0.25) is 0 Å². The number of aromatic nitrogens is 1. The summed E-state index contributed by atoms with van der Waals surface area (Å²) < 4.78 is 18.3. The van der Waals surface area contributed by atoms with Gasteiger partial charge in [-0.3, -0.25) is 9.78 Å². The SMILES string of the molecule is CN(CCOc1cccc(F)c1)C(=O)c1cncc(O)c1. The van der Waals surface area contributed by atoms with Crippen molar-refractivity contribution < 1.29 is 19.0 Å². The molecule has 0 saturated heterocycles. The summed E-state index contributed by atoms with van der Waals surface area (Å²) in [5.74, 6) is -0.302. The van der Waals surface area contributed by atoms with E-state index in [9.17, 15) is 14.3 Å². The first-order valence-electron chi connectivity index (χ1n) is 6.34. The zero-order valence-corrected chi connectivity index (χ0v) is 11.5. The number of ether oxygens (including phenoxy) is 1. The van der Waals surface area contributed by atoms with Crippen LogP contribution in [0.5, 0.6) is 11.5 Å². The average molecular weight is 290 g/mol. The Bertz CT molecular complexity index is 634. The van der Waals surface area contributed by atoms with Crippen LogP contribution in [-0.4, -0.2) is 41.1 Å². The van der Waals surface area contributed by atoms with E-state index in [0.717, 1.165) is 0 Å². The Labute approximate surface area is 121 Å². The average Bonchev–Trinajstić information content (AvgIpc) is 2.46. The number of hydrogen-bond donors (Lipinski definition) is 1. The van der Waals surface area contributed by atoms with Gasteiger partial charge >= 0.3 is 0 Å². The Hall–Kier alpha value is -2.63. The second-order valence-electron chi connectivity index (χ2n) is 4.46. The summed E-state index contributed by atoms with van der Waals surface area (Å²) in [7, 11) is 1.61. The van der Waals surface area contributed by atoms with Crippen LogP contribution in [0, 0.1) is 5.82 Å². The summed E-state index contributed by atoms with van der Waals surface area (Å²) in [6.45, 7) is 0.558. The molecule has 1 amide bonds. The van der Waals surface area contributed by atoms with Crippen LogP contribution in [0.4, 0.5) is 4.39 Å². The van der Waals surface area contributed by atoms with Gasteiger partial charge in [0.1, 0.15) is 23.9 Å². The van der Waals surface area contributed by atoms with E-state index in [0.29, 0.717) is 17.9 Å². The largest absolute Gasteiger partial charge is 0.506 e. The standard InChI is InChI=1S/C15H15FN2O3/c1-18(15(20)11-7-13(19)10-17-9-11)5-6-21-14-4-2-3-12(16)8-14/h2-4,7-10,19H,5-6H2,1H3. The zero-order chi connectivity index (χ0) is 15.2. The van der Waals surface area contributed by atoms with Crippen LogP contribution in [0.2, 0.25) is 0 Å². The predicted octanol–water partition coefficient (Wildman–Crippen LogP) is 2.08. The highest BCUT2D eigenvalue weighted by Gasteiger charge is 2.12. The summed E-state index contributed by atoms with van der Waals surface area (Å²) in [6, 6.07) is 7.15. The zero-order valence-electron chi connectivity index (χ0n) is 11.5. The van der Waals surface area contributed by atoms with Gasteiger partial charge in [0.25, 0.3) is 5.91 Å². The van der Waals surface area contributed by atoms with Crippen LogP contribution in [0.15, 0.2) is 42.7 Å². The van der Waals surface area contributed by atoms with Crippen LogP contribution < -0.4 is 4.74 Å². The summed E-state index contributed by atoms with van der Waals surface area (Å²) in [4.78, 5) is 17.2. The molecular weight excluding hydrogens is 275 g/mol. The number of halogens is 1. The maximum Gasteiger partial charge on any atom is 0.255 e. The molecule has 110 valence electrons. The fraction of sp³-hybridized carbons (Fsp3) is 0.200. The number of aromatic hydroxyl groups is 1. The summed E-state index contributed by atoms with van der Waals surface area (Å²) in [5.41, 5.74) is 0.295. The molecule has 0 spiro atoms. The van der Waals surface area contributed by atoms with Gasteiger partial charge in [-0.25, -0.2) is 4.39 Å². The van der Waals surface area contributed by atoms with Gasteiger partial charge in [-0.2, -0.15) is 0 Å². The molecular formula is C15H15FN2O3. The molecule has 0 atom stereocenters. The van der Waals surface area contributed by atoms with Crippen molar-refractivity contribution in [3.05, 3.63) is 54.1 Å². The Kier molecular flexibility index (Phi) is 4.71. The van der Waals surface area contributed by atoms with Crippen molar-refractivity contribution in [3.63, 3.8) is 0 Å². The van der Waals surface area contributed by atoms with E-state index in [1.54, 1.807) is 19.2 Å². The minimum absolute atomic E-state index is 0.0646. The number of amides is 1. The number of nitrogens with zero attached hydrogens (tertiary/aromatic N) is 2. The first-order valence-corrected chi connectivity index (χ1v) is 6.34. The Morgan fingerprint density at radius 1 is 1.38 bits per heavy atom. The van der Waals surface area contributed by atoms with Gasteiger partial charge < -0.3 is 14.7 Å². The van der Waals surface area contributed by atoms with E-state index >= 15 is 0 Å². The van der Waals surface area contributed by atoms with Crippen LogP contribution in [0.1, 0.15) is 10.4 Å². The molecule has 5 nitrogen and oxygen atoms in total. The number of likely N-dealkylation sites (N-methyl/N-ethyl adjacent to an activating group) is 1. The van der Waals surface area contributed by atoms with Crippen LogP contribution in [-0.2, 0) is 0 Å². The number of pyridine rings is 1. The fourth-order valence-corrected chi connectivity index (χ4v) is 1.72. The Balaban J connectivity index is 1.87. The first-order chi connectivity index (χ1) is 10.1. The van der Waals surface area contributed by atoms with Gasteiger partial charge in [0.15, 0.2) is 0 Å². The minimum Gasteiger partial charge on any atom is -0.506 e. The molecule has 0 aliphatic rings. The Morgan fingerprint density at radius 2 is 2.19 bits per heavy atom. The number of benzene rings is 1. The highest BCUT2D eigenvalue weighted by atomic mass is 19.1. The predicted molar refractivity (Wildman–Crippen MR) is 74.8 cm³/mol. The van der Waals surface area contributed by atoms with Crippen molar-refractivity contribution in [1.29, 1.82) is 0 Å². The lowest BCUT2D eigenvalue weighted by atomic mass is 10.2. The normalized spacial score (nSPS) is 10.2. The molecule has 0 aliphatic carbocycles. The molecule has 6 heteroatoms. The molecule has 0 unspecified atom stereocenters. The highest BCUT2D eigenvalue weighted by Crippen LogP contribution is 2.12. The number of hydrogen-bond acceptors (Lipinski definition) is 4. The topological polar surface area (TPSA) is 62.7 Å². The van der Waals surface area contributed by atoms with E-state index in [2.05, 4.69) is 4.98 Å². The van der Waals surface area contributed by atoms with Gasteiger partial charge in [-0.15, -0.1) is 0 Å². The molecule has 0 radical (unpaired) electrons. The van der Waals surface area contributed by atoms with E-state index in [1.807, 2.05) is 0 Å². The number of carbonyl (C=O) groups is 1. The van der Waals surface area contributed by atoms with Gasteiger partial charge in [0.05, 0.1) is 18.3 Å².